The summed E-state index contributed by atoms with van der Waals surface area (Å²) in [5.41, 5.74) is 5.42. The third-order valence-corrected chi connectivity index (χ3v) is 7.99. The number of benzene rings is 2. The second-order valence-corrected chi connectivity index (χ2v) is 10.2. The fourth-order valence-corrected chi connectivity index (χ4v) is 5.95. The first kappa shape index (κ1) is 23.0. The van der Waals surface area contributed by atoms with Crippen LogP contribution in [0.3, 0.4) is 0 Å². The largest absolute Gasteiger partial charge is 0.489 e. The molecule has 0 bridgehead atoms. The van der Waals surface area contributed by atoms with E-state index in [1.165, 1.54) is 6.07 Å². The normalized spacial score (nSPS) is 22.8. The number of carboxylic acid groups (broad SMARTS) is 1. The Bertz CT molecular complexity index is 1330. The highest BCUT2D eigenvalue weighted by Gasteiger charge is 2.59. The highest BCUT2D eigenvalue weighted by Crippen LogP contribution is 2.61. The maximum Gasteiger partial charge on any atom is 0.307 e. The summed E-state index contributed by atoms with van der Waals surface area (Å²) in [6, 6.07) is 14.8. The fourth-order valence-electron chi connectivity index (χ4n) is 5.95. The van der Waals surface area contributed by atoms with Gasteiger partial charge in [0, 0.05) is 35.8 Å². The molecule has 2 N–H and O–H groups in total. The molecule has 1 aliphatic heterocycles. The molecule has 1 aromatic heterocycles. The zero-order valence-electron chi connectivity index (χ0n) is 20.2. The number of aliphatic hydroxyl groups is 1. The van der Waals surface area contributed by atoms with Crippen LogP contribution in [0.25, 0.3) is 11.1 Å². The summed E-state index contributed by atoms with van der Waals surface area (Å²) in [6.45, 7) is 3.63. The van der Waals surface area contributed by atoms with Crippen molar-refractivity contribution in [3.8, 4) is 16.9 Å². The van der Waals surface area contributed by atoms with E-state index in [1.807, 2.05) is 43.3 Å². The van der Waals surface area contributed by atoms with Crippen molar-refractivity contribution in [2.45, 2.75) is 44.8 Å². The van der Waals surface area contributed by atoms with Gasteiger partial charge in [0.15, 0.2) is 0 Å². The molecule has 186 valence electrons. The Balaban J connectivity index is 1.16. The zero-order chi connectivity index (χ0) is 25.0. The Kier molecular flexibility index (Phi) is 5.67. The van der Waals surface area contributed by atoms with Crippen LogP contribution in [0.5, 0.6) is 5.75 Å². The molecule has 0 radical (unpaired) electrons. The van der Waals surface area contributed by atoms with Crippen LogP contribution in [0, 0.1) is 24.6 Å². The molecule has 0 amide bonds. The summed E-state index contributed by atoms with van der Waals surface area (Å²) in [4.78, 5) is 18.3. The Labute approximate surface area is 209 Å². The average molecular weight is 489 g/mol. The van der Waals surface area contributed by atoms with Crippen LogP contribution in [-0.4, -0.2) is 40.4 Å². The number of carboxylic acids is 1. The van der Waals surface area contributed by atoms with Crippen LogP contribution < -0.4 is 9.64 Å². The predicted molar refractivity (Wildman–Crippen MR) is 134 cm³/mol. The molecule has 3 aliphatic rings. The van der Waals surface area contributed by atoms with Gasteiger partial charge in [0.2, 0.25) is 0 Å². The van der Waals surface area contributed by atoms with Gasteiger partial charge in [0.25, 0.3) is 0 Å². The first-order valence-corrected chi connectivity index (χ1v) is 12.6. The molecule has 2 fully saturated rings. The molecule has 1 saturated carbocycles. The number of aliphatic hydroxyl groups excluding tert-OH is 1. The average Bonchev–Trinajstić information content (AvgIpc) is 3.46. The lowest BCUT2D eigenvalue weighted by Gasteiger charge is -2.30. The van der Waals surface area contributed by atoms with Crippen LogP contribution in [0.15, 0.2) is 48.5 Å². The molecule has 2 aliphatic carbocycles. The summed E-state index contributed by atoms with van der Waals surface area (Å²) in [5, 5.41) is 19.1. The third-order valence-electron chi connectivity index (χ3n) is 7.99. The summed E-state index contributed by atoms with van der Waals surface area (Å²) in [5.74, 6) is 0.619. The quantitative estimate of drug-likeness (QED) is 0.523. The Morgan fingerprint density at radius 3 is 2.69 bits per heavy atom. The number of anilines is 1. The number of aryl methyl sites for hydroxylation is 1. The smallest absolute Gasteiger partial charge is 0.307 e. The molecule has 36 heavy (non-hydrogen) atoms. The minimum Gasteiger partial charge on any atom is -0.489 e. The third kappa shape index (κ3) is 4.11. The lowest BCUT2D eigenvalue weighted by Crippen LogP contribution is -2.36. The van der Waals surface area contributed by atoms with E-state index < -0.39 is 5.97 Å². The van der Waals surface area contributed by atoms with Crippen LogP contribution in [0.4, 0.5) is 10.2 Å². The molecule has 0 spiro atoms. The van der Waals surface area contributed by atoms with E-state index >= 15 is 0 Å². The SMILES string of the molecule is Cc1nc(N2CCC(O)CC2)ccc1-c1ccc(F)c(COc2ccc3c(c2)C[C@H]2[C@H](C(=O)O)[C@@H]32)c1. The van der Waals surface area contributed by atoms with Crippen molar-refractivity contribution in [1.82, 2.24) is 4.98 Å². The van der Waals surface area contributed by atoms with E-state index in [-0.39, 0.29) is 36.3 Å². The first-order valence-electron chi connectivity index (χ1n) is 12.6. The van der Waals surface area contributed by atoms with E-state index in [4.69, 9.17) is 9.72 Å². The number of fused-ring (bicyclic) bond motifs is 3. The van der Waals surface area contributed by atoms with Gasteiger partial charge in [0.05, 0.1) is 12.0 Å². The van der Waals surface area contributed by atoms with Crippen LogP contribution in [0.2, 0.25) is 0 Å². The molecule has 3 aromatic rings. The monoisotopic (exact) mass is 488 g/mol. The van der Waals surface area contributed by atoms with Gasteiger partial charge in [-0.3, -0.25) is 4.79 Å². The molecule has 3 atom stereocenters. The summed E-state index contributed by atoms with van der Waals surface area (Å²) in [7, 11) is 0. The molecular weight excluding hydrogens is 459 g/mol. The topological polar surface area (TPSA) is 82.9 Å². The molecule has 2 aromatic carbocycles. The van der Waals surface area contributed by atoms with Crippen molar-refractivity contribution in [3.05, 3.63) is 76.7 Å². The molecule has 7 heteroatoms. The number of hydrogen-bond acceptors (Lipinski definition) is 5. The molecule has 0 unspecified atom stereocenters. The lowest BCUT2D eigenvalue weighted by molar-refractivity contribution is -0.139. The van der Waals surface area contributed by atoms with E-state index in [2.05, 4.69) is 4.90 Å². The van der Waals surface area contributed by atoms with Crippen molar-refractivity contribution >= 4 is 11.8 Å². The Morgan fingerprint density at radius 1 is 1.14 bits per heavy atom. The van der Waals surface area contributed by atoms with Gasteiger partial charge in [-0.2, -0.15) is 0 Å². The number of piperidine rings is 1. The van der Waals surface area contributed by atoms with Gasteiger partial charge < -0.3 is 19.8 Å². The number of halogens is 1. The number of pyridine rings is 1. The highest BCUT2D eigenvalue weighted by atomic mass is 19.1. The predicted octanol–water partition coefficient (Wildman–Crippen LogP) is 4.71. The van der Waals surface area contributed by atoms with E-state index in [0.717, 1.165) is 66.1 Å². The number of aliphatic carboxylic acids is 1. The number of aromatic nitrogens is 1. The van der Waals surface area contributed by atoms with Crippen LogP contribution >= 0.6 is 0 Å². The van der Waals surface area contributed by atoms with Gasteiger partial charge in [0.1, 0.15) is 24.0 Å². The van der Waals surface area contributed by atoms with E-state index in [9.17, 15) is 19.4 Å². The number of rotatable bonds is 6. The van der Waals surface area contributed by atoms with Crippen molar-refractivity contribution < 1.29 is 24.1 Å². The summed E-state index contributed by atoms with van der Waals surface area (Å²) < 4.78 is 20.6. The maximum atomic E-state index is 14.6. The molecule has 2 heterocycles. The van der Waals surface area contributed by atoms with E-state index in [1.54, 1.807) is 6.07 Å². The zero-order valence-corrected chi connectivity index (χ0v) is 20.2. The summed E-state index contributed by atoms with van der Waals surface area (Å²) >= 11 is 0. The molecule has 1 saturated heterocycles. The number of carbonyl (C=O) groups is 1. The van der Waals surface area contributed by atoms with Gasteiger partial charge in [-0.25, -0.2) is 9.37 Å². The van der Waals surface area contributed by atoms with Gasteiger partial charge in [-0.15, -0.1) is 0 Å². The Hall–Kier alpha value is -3.45. The number of ether oxygens (including phenoxy) is 1. The minimum atomic E-state index is -0.710. The maximum absolute atomic E-state index is 14.6. The second kappa shape index (κ2) is 8.89. The van der Waals surface area contributed by atoms with Crippen molar-refractivity contribution in [2.75, 3.05) is 18.0 Å². The number of hydrogen-bond donors (Lipinski definition) is 2. The first-order chi connectivity index (χ1) is 17.4. The summed E-state index contributed by atoms with van der Waals surface area (Å²) in [6.07, 6.45) is 2.03. The van der Waals surface area contributed by atoms with Crippen molar-refractivity contribution in [3.63, 3.8) is 0 Å². The Morgan fingerprint density at radius 2 is 1.94 bits per heavy atom. The van der Waals surface area contributed by atoms with Gasteiger partial charge in [-0.1, -0.05) is 12.1 Å². The fraction of sp³-hybridized carbons (Fsp3) is 0.379. The second-order valence-electron chi connectivity index (χ2n) is 10.2. The highest BCUT2D eigenvalue weighted by molar-refractivity contribution is 5.78. The minimum absolute atomic E-state index is 0.101. The molecule has 6 nitrogen and oxygen atoms in total. The van der Waals surface area contributed by atoms with Crippen LogP contribution in [0.1, 0.15) is 41.1 Å². The van der Waals surface area contributed by atoms with Gasteiger partial charge in [-0.05, 0) is 85.2 Å². The van der Waals surface area contributed by atoms with Crippen molar-refractivity contribution in [1.29, 1.82) is 0 Å². The van der Waals surface area contributed by atoms with Crippen molar-refractivity contribution in [2.24, 2.45) is 11.8 Å². The van der Waals surface area contributed by atoms with Crippen LogP contribution in [-0.2, 0) is 17.8 Å². The number of nitrogens with zero attached hydrogens (tertiary/aromatic N) is 2. The lowest BCUT2D eigenvalue weighted by atomic mass is 10.0. The standard InChI is InChI=1S/C29H29FN2O4/c1-16-22(5-7-26(31-16)32-10-8-20(33)9-11-32)17-2-6-25(30)19(12-17)15-36-21-3-4-23-18(13-21)14-24-27(23)28(24)29(34)35/h2-7,12-13,20,24,27-28,33H,8-11,14-15H2,1H3,(H,34,35)/t24-,27+,28+/m1/s1. The molecule has 6 rings (SSSR count). The van der Waals surface area contributed by atoms with E-state index in [0.29, 0.717) is 11.3 Å². The van der Waals surface area contributed by atoms with Gasteiger partial charge >= 0.3 is 5.97 Å². The molecular formula is C29H29FN2O4.